The number of nitrogens with zero attached hydrogens (tertiary/aromatic N) is 3. The molecular weight excluding hydrogens is 190 g/mol. The van der Waals surface area contributed by atoms with E-state index >= 15 is 0 Å². The van der Waals surface area contributed by atoms with Gasteiger partial charge in [0.25, 0.3) is 0 Å². The number of rotatable bonds is 6. The number of hydrogen-bond donors (Lipinski definition) is 0. The molecule has 0 fully saturated rings. The van der Waals surface area contributed by atoms with Crippen LogP contribution >= 0.6 is 11.6 Å². The van der Waals surface area contributed by atoms with Gasteiger partial charge in [0.15, 0.2) is 0 Å². The summed E-state index contributed by atoms with van der Waals surface area (Å²) >= 11 is 5.58. The Bertz CT molecular complexity index is 239. The van der Waals surface area contributed by atoms with Crippen LogP contribution in [0.3, 0.4) is 0 Å². The van der Waals surface area contributed by atoms with Crippen molar-refractivity contribution >= 4 is 11.6 Å². The summed E-state index contributed by atoms with van der Waals surface area (Å²) in [6.45, 7) is 4.36. The highest BCUT2D eigenvalue weighted by atomic mass is 35.5. The maximum absolute atomic E-state index is 5.58. The number of alkyl halides is 1. The summed E-state index contributed by atoms with van der Waals surface area (Å²) in [6.07, 6.45) is 2.82. The minimum absolute atomic E-state index is 0.422. The molecule has 0 N–H and O–H groups in total. The van der Waals surface area contributed by atoms with Gasteiger partial charge in [-0.25, -0.2) is 0 Å². The number of aromatic nitrogens is 3. The maximum atomic E-state index is 5.58. The van der Waals surface area contributed by atoms with Crippen LogP contribution in [-0.4, -0.2) is 28.2 Å². The molecule has 0 spiro atoms. The maximum Gasteiger partial charge on any atom is 0.0974 e. The predicted octanol–water partition coefficient (Wildman–Crippen LogP) is 1.44. The van der Waals surface area contributed by atoms with Gasteiger partial charge in [0.05, 0.1) is 11.6 Å². The van der Waals surface area contributed by atoms with Crippen molar-refractivity contribution < 1.29 is 4.74 Å². The Morgan fingerprint density at radius 3 is 3.08 bits per heavy atom. The average molecular weight is 204 g/mol. The molecule has 4 nitrogen and oxygen atoms in total. The SMILES string of the molecule is CCOCCCn1cc(CCl)nn1. The lowest BCUT2D eigenvalue weighted by Gasteiger charge is -2.00. The lowest BCUT2D eigenvalue weighted by atomic mass is 10.4. The summed E-state index contributed by atoms with van der Waals surface area (Å²) in [5.41, 5.74) is 0.818. The third-order valence-electron chi connectivity index (χ3n) is 1.60. The van der Waals surface area contributed by atoms with Gasteiger partial charge in [0, 0.05) is 26.0 Å². The van der Waals surface area contributed by atoms with Crippen LogP contribution in [0.4, 0.5) is 0 Å². The Kier molecular flexibility index (Phi) is 4.78. The first-order chi connectivity index (χ1) is 6.36. The Hall–Kier alpha value is -0.610. The molecule has 13 heavy (non-hydrogen) atoms. The van der Waals surface area contributed by atoms with Gasteiger partial charge in [-0.2, -0.15) is 0 Å². The van der Waals surface area contributed by atoms with Crippen LogP contribution < -0.4 is 0 Å². The van der Waals surface area contributed by atoms with Crippen molar-refractivity contribution in [3.8, 4) is 0 Å². The highest BCUT2D eigenvalue weighted by molar-refractivity contribution is 6.16. The summed E-state index contributed by atoms with van der Waals surface area (Å²) < 4.78 is 6.99. The molecule has 1 rings (SSSR count). The molecule has 1 aromatic heterocycles. The quantitative estimate of drug-likeness (QED) is 0.519. The molecule has 1 heterocycles. The molecule has 1 aromatic rings. The van der Waals surface area contributed by atoms with E-state index in [4.69, 9.17) is 16.3 Å². The lowest BCUT2D eigenvalue weighted by molar-refractivity contribution is 0.140. The molecule has 0 radical (unpaired) electrons. The van der Waals surface area contributed by atoms with E-state index in [1.54, 1.807) is 4.68 Å². The van der Waals surface area contributed by atoms with Gasteiger partial charge in [-0.05, 0) is 13.3 Å². The lowest BCUT2D eigenvalue weighted by Crippen LogP contribution is -2.03. The summed E-state index contributed by atoms with van der Waals surface area (Å²) in [5, 5.41) is 7.79. The second-order valence-electron chi connectivity index (χ2n) is 2.66. The van der Waals surface area contributed by atoms with Gasteiger partial charge in [0.2, 0.25) is 0 Å². The topological polar surface area (TPSA) is 39.9 Å². The van der Waals surface area contributed by atoms with Crippen LogP contribution in [0.1, 0.15) is 19.0 Å². The van der Waals surface area contributed by atoms with Crippen molar-refractivity contribution in [3.63, 3.8) is 0 Å². The van der Waals surface area contributed by atoms with Gasteiger partial charge >= 0.3 is 0 Å². The molecule has 74 valence electrons. The Labute approximate surface area is 82.8 Å². The van der Waals surface area contributed by atoms with Gasteiger partial charge in [-0.15, -0.1) is 16.7 Å². The van der Waals surface area contributed by atoms with E-state index in [0.29, 0.717) is 5.88 Å². The molecule has 0 unspecified atom stereocenters. The largest absolute Gasteiger partial charge is 0.382 e. The summed E-state index contributed by atoms with van der Waals surface area (Å²) in [4.78, 5) is 0. The number of halogens is 1. The highest BCUT2D eigenvalue weighted by Crippen LogP contribution is 1.98. The van der Waals surface area contributed by atoms with Crippen molar-refractivity contribution in [1.82, 2.24) is 15.0 Å². The van der Waals surface area contributed by atoms with Crippen molar-refractivity contribution in [2.75, 3.05) is 13.2 Å². The normalized spacial score (nSPS) is 10.6. The Morgan fingerprint density at radius 2 is 2.46 bits per heavy atom. The van der Waals surface area contributed by atoms with Crippen LogP contribution in [0.25, 0.3) is 0 Å². The Morgan fingerprint density at radius 1 is 1.62 bits per heavy atom. The molecule has 0 saturated carbocycles. The first-order valence-corrected chi connectivity index (χ1v) is 4.93. The second kappa shape index (κ2) is 5.94. The van der Waals surface area contributed by atoms with Gasteiger partial charge < -0.3 is 4.74 Å². The van der Waals surface area contributed by atoms with Crippen molar-refractivity contribution in [2.45, 2.75) is 25.8 Å². The van der Waals surface area contributed by atoms with E-state index in [9.17, 15) is 0 Å². The summed E-state index contributed by atoms with van der Waals surface area (Å²) in [5.74, 6) is 0.422. The van der Waals surface area contributed by atoms with Crippen LogP contribution in [-0.2, 0) is 17.2 Å². The second-order valence-corrected chi connectivity index (χ2v) is 2.92. The van der Waals surface area contributed by atoms with Crippen LogP contribution in [0.15, 0.2) is 6.20 Å². The standard InChI is InChI=1S/C8H14ClN3O/c1-2-13-5-3-4-12-7-8(6-9)10-11-12/h7H,2-6H2,1H3. The van der Waals surface area contributed by atoms with Gasteiger partial charge in [-0.3, -0.25) is 4.68 Å². The molecule has 0 aliphatic carbocycles. The molecule has 0 bridgehead atoms. The van der Waals surface area contributed by atoms with Gasteiger partial charge in [-0.1, -0.05) is 5.21 Å². The van der Waals surface area contributed by atoms with E-state index in [0.717, 1.165) is 31.9 Å². The number of hydrogen-bond acceptors (Lipinski definition) is 3. The summed E-state index contributed by atoms with van der Waals surface area (Å²) in [7, 11) is 0. The van der Waals surface area contributed by atoms with Crippen LogP contribution in [0, 0.1) is 0 Å². The average Bonchev–Trinajstić information content (AvgIpc) is 2.60. The summed E-state index contributed by atoms with van der Waals surface area (Å²) in [6, 6.07) is 0. The minimum Gasteiger partial charge on any atom is -0.382 e. The fourth-order valence-corrected chi connectivity index (χ4v) is 1.10. The van der Waals surface area contributed by atoms with Crippen LogP contribution in [0.5, 0.6) is 0 Å². The molecule has 0 aliphatic rings. The van der Waals surface area contributed by atoms with Crippen molar-refractivity contribution in [3.05, 3.63) is 11.9 Å². The molecule has 0 amide bonds. The van der Waals surface area contributed by atoms with E-state index in [1.165, 1.54) is 0 Å². The fourth-order valence-electron chi connectivity index (χ4n) is 0.982. The van der Waals surface area contributed by atoms with Crippen LogP contribution in [0.2, 0.25) is 0 Å². The zero-order valence-electron chi connectivity index (χ0n) is 7.74. The predicted molar refractivity (Wildman–Crippen MR) is 50.7 cm³/mol. The minimum atomic E-state index is 0.422. The molecule has 0 atom stereocenters. The zero-order valence-corrected chi connectivity index (χ0v) is 8.50. The molecular formula is C8H14ClN3O. The zero-order chi connectivity index (χ0) is 9.52. The molecule has 0 saturated heterocycles. The highest BCUT2D eigenvalue weighted by Gasteiger charge is 1.97. The van der Waals surface area contributed by atoms with E-state index in [1.807, 2.05) is 13.1 Å². The first-order valence-electron chi connectivity index (χ1n) is 4.39. The third kappa shape index (κ3) is 3.74. The van der Waals surface area contributed by atoms with Crippen molar-refractivity contribution in [1.29, 1.82) is 0 Å². The molecule has 0 aliphatic heterocycles. The smallest absolute Gasteiger partial charge is 0.0974 e. The van der Waals surface area contributed by atoms with Crippen molar-refractivity contribution in [2.24, 2.45) is 0 Å². The van der Waals surface area contributed by atoms with E-state index in [-0.39, 0.29) is 0 Å². The van der Waals surface area contributed by atoms with E-state index < -0.39 is 0 Å². The monoisotopic (exact) mass is 203 g/mol. The van der Waals surface area contributed by atoms with Gasteiger partial charge in [0.1, 0.15) is 0 Å². The van der Waals surface area contributed by atoms with E-state index in [2.05, 4.69) is 10.3 Å². The Balaban J connectivity index is 2.20. The third-order valence-corrected chi connectivity index (χ3v) is 1.88. The molecule has 5 heteroatoms. The first kappa shape index (κ1) is 10.5. The number of ether oxygens (including phenoxy) is 1. The fraction of sp³-hybridized carbons (Fsp3) is 0.750. The number of aryl methyl sites for hydroxylation is 1. The molecule has 0 aromatic carbocycles.